The molecule has 2 atom stereocenters. The topological polar surface area (TPSA) is 35.5 Å². The predicted molar refractivity (Wildman–Crippen MR) is 57.3 cm³/mol. The van der Waals surface area contributed by atoms with Crippen molar-refractivity contribution in [3.05, 3.63) is 0 Å². The molecule has 3 heteroatoms. The van der Waals surface area contributed by atoms with Crippen molar-refractivity contribution in [3.8, 4) is 0 Å². The fourth-order valence-electron chi connectivity index (χ4n) is 2.83. The Hall–Kier alpha value is -0.120. The van der Waals surface area contributed by atoms with Gasteiger partial charge in [-0.15, -0.1) is 0 Å². The van der Waals surface area contributed by atoms with Crippen molar-refractivity contribution in [2.24, 2.45) is 5.41 Å². The second-order valence-corrected chi connectivity index (χ2v) is 5.00. The van der Waals surface area contributed by atoms with E-state index in [1.807, 2.05) is 0 Å². The maximum absolute atomic E-state index is 10.2. The molecule has 2 unspecified atom stereocenters. The molecule has 0 amide bonds. The van der Waals surface area contributed by atoms with Crippen LogP contribution in [-0.2, 0) is 0 Å². The fraction of sp³-hybridized carbons (Fsp3) is 1.00. The van der Waals surface area contributed by atoms with Gasteiger partial charge in [-0.3, -0.25) is 0 Å². The SMILES string of the molecule is CN1CCC(O)C2(CCCNC2)CC1. The highest BCUT2D eigenvalue weighted by Crippen LogP contribution is 2.37. The van der Waals surface area contributed by atoms with Crippen molar-refractivity contribution in [2.45, 2.75) is 31.8 Å². The molecule has 0 aliphatic carbocycles. The van der Waals surface area contributed by atoms with E-state index in [1.165, 1.54) is 12.8 Å². The van der Waals surface area contributed by atoms with E-state index in [-0.39, 0.29) is 11.5 Å². The van der Waals surface area contributed by atoms with Gasteiger partial charge in [0.2, 0.25) is 0 Å². The van der Waals surface area contributed by atoms with Gasteiger partial charge < -0.3 is 15.3 Å². The van der Waals surface area contributed by atoms with Crippen molar-refractivity contribution in [1.82, 2.24) is 10.2 Å². The highest BCUT2D eigenvalue weighted by atomic mass is 16.3. The van der Waals surface area contributed by atoms with Crippen LogP contribution in [0.25, 0.3) is 0 Å². The molecule has 0 aromatic rings. The molecule has 2 heterocycles. The number of hydrogen-bond acceptors (Lipinski definition) is 3. The molecule has 3 nitrogen and oxygen atoms in total. The summed E-state index contributed by atoms with van der Waals surface area (Å²) in [6.45, 7) is 4.33. The summed E-state index contributed by atoms with van der Waals surface area (Å²) in [6, 6.07) is 0. The highest BCUT2D eigenvalue weighted by molar-refractivity contribution is 4.93. The molecular formula is C11H22N2O. The van der Waals surface area contributed by atoms with Crippen LogP contribution in [0.4, 0.5) is 0 Å². The van der Waals surface area contributed by atoms with E-state index in [1.54, 1.807) is 0 Å². The maximum Gasteiger partial charge on any atom is 0.0621 e. The largest absolute Gasteiger partial charge is 0.392 e. The van der Waals surface area contributed by atoms with Crippen LogP contribution in [0.5, 0.6) is 0 Å². The third kappa shape index (κ3) is 1.95. The Bertz CT molecular complexity index is 190. The fourth-order valence-corrected chi connectivity index (χ4v) is 2.83. The molecule has 2 aliphatic heterocycles. The summed E-state index contributed by atoms with van der Waals surface area (Å²) in [5, 5.41) is 13.7. The molecule has 2 aliphatic rings. The minimum Gasteiger partial charge on any atom is -0.392 e. The molecule has 2 fully saturated rings. The Morgan fingerprint density at radius 3 is 2.93 bits per heavy atom. The molecule has 0 aromatic heterocycles. The Morgan fingerprint density at radius 2 is 2.21 bits per heavy atom. The van der Waals surface area contributed by atoms with Gasteiger partial charge in [0.15, 0.2) is 0 Å². The second kappa shape index (κ2) is 4.17. The number of aliphatic hydroxyl groups is 1. The van der Waals surface area contributed by atoms with Crippen LogP contribution in [0.2, 0.25) is 0 Å². The first-order valence-corrected chi connectivity index (χ1v) is 5.80. The molecular weight excluding hydrogens is 176 g/mol. The standard InChI is InChI=1S/C11H22N2O/c1-13-7-3-10(14)11(5-8-13)4-2-6-12-9-11/h10,12,14H,2-9H2,1H3. The number of likely N-dealkylation sites (tertiary alicyclic amines) is 1. The highest BCUT2D eigenvalue weighted by Gasteiger charge is 2.40. The van der Waals surface area contributed by atoms with Crippen molar-refractivity contribution >= 4 is 0 Å². The van der Waals surface area contributed by atoms with E-state index in [0.29, 0.717) is 0 Å². The number of piperidine rings is 1. The number of aliphatic hydroxyl groups excluding tert-OH is 1. The van der Waals surface area contributed by atoms with Gasteiger partial charge in [0.05, 0.1) is 6.10 Å². The van der Waals surface area contributed by atoms with Gasteiger partial charge in [-0.2, -0.15) is 0 Å². The molecule has 0 bridgehead atoms. The number of nitrogens with zero attached hydrogens (tertiary/aromatic N) is 1. The van der Waals surface area contributed by atoms with Crippen molar-refractivity contribution in [2.75, 3.05) is 33.2 Å². The molecule has 1 spiro atoms. The van der Waals surface area contributed by atoms with E-state index < -0.39 is 0 Å². The average Bonchev–Trinajstić information content (AvgIpc) is 2.35. The normalized spacial score (nSPS) is 41.1. The lowest BCUT2D eigenvalue weighted by molar-refractivity contribution is 0.00400. The quantitative estimate of drug-likeness (QED) is 0.593. The zero-order valence-corrected chi connectivity index (χ0v) is 9.13. The first-order chi connectivity index (χ1) is 6.73. The van der Waals surface area contributed by atoms with E-state index in [9.17, 15) is 5.11 Å². The molecule has 2 rings (SSSR count). The van der Waals surface area contributed by atoms with Crippen molar-refractivity contribution in [1.29, 1.82) is 0 Å². The summed E-state index contributed by atoms with van der Waals surface area (Å²) in [6.07, 6.45) is 4.42. The van der Waals surface area contributed by atoms with Gasteiger partial charge in [0.1, 0.15) is 0 Å². The second-order valence-electron chi connectivity index (χ2n) is 5.00. The zero-order chi connectivity index (χ0) is 10.0. The van der Waals surface area contributed by atoms with Gasteiger partial charge >= 0.3 is 0 Å². The van der Waals surface area contributed by atoms with Gasteiger partial charge in [-0.25, -0.2) is 0 Å². The van der Waals surface area contributed by atoms with Gasteiger partial charge in [0, 0.05) is 18.5 Å². The minimum absolute atomic E-state index is 0.0970. The smallest absolute Gasteiger partial charge is 0.0621 e. The summed E-state index contributed by atoms with van der Waals surface area (Å²) >= 11 is 0. The molecule has 82 valence electrons. The van der Waals surface area contributed by atoms with Crippen LogP contribution < -0.4 is 5.32 Å². The van der Waals surface area contributed by atoms with Crippen molar-refractivity contribution in [3.63, 3.8) is 0 Å². The molecule has 0 aromatic carbocycles. The van der Waals surface area contributed by atoms with Gasteiger partial charge in [0.25, 0.3) is 0 Å². The molecule has 0 radical (unpaired) electrons. The van der Waals surface area contributed by atoms with Gasteiger partial charge in [-0.05, 0) is 45.8 Å². The van der Waals surface area contributed by atoms with Crippen LogP contribution in [0.1, 0.15) is 25.7 Å². The van der Waals surface area contributed by atoms with Crippen LogP contribution in [-0.4, -0.2) is 49.3 Å². The Morgan fingerprint density at radius 1 is 1.36 bits per heavy atom. The molecule has 2 saturated heterocycles. The lowest BCUT2D eigenvalue weighted by Crippen LogP contribution is -2.47. The predicted octanol–water partition coefficient (Wildman–Crippen LogP) is 0.443. The first kappa shape index (κ1) is 10.4. The summed E-state index contributed by atoms with van der Waals surface area (Å²) in [5.74, 6) is 0. The number of nitrogens with one attached hydrogen (secondary N) is 1. The molecule has 14 heavy (non-hydrogen) atoms. The van der Waals surface area contributed by atoms with E-state index in [0.717, 1.165) is 39.0 Å². The summed E-state index contributed by atoms with van der Waals surface area (Å²) in [5.41, 5.74) is 0.184. The van der Waals surface area contributed by atoms with Crippen LogP contribution in [0, 0.1) is 5.41 Å². The van der Waals surface area contributed by atoms with Crippen LogP contribution >= 0.6 is 0 Å². The third-order valence-corrected chi connectivity index (χ3v) is 3.99. The summed E-state index contributed by atoms with van der Waals surface area (Å²) < 4.78 is 0. The maximum atomic E-state index is 10.2. The van der Waals surface area contributed by atoms with Crippen LogP contribution in [0.3, 0.4) is 0 Å². The Labute approximate surface area is 86.5 Å². The van der Waals surface area contributed by atoms with Crippen LogP contribution in [0.15, 0.2) is 0 Å². The zero-order valence-electron chi connectivity index (χ0n) is 9.13. The monoisotopic (exact) mass is 198 g/mol. The van der Waals surface area contributed by atoms with E-state index in [2.05, 4.69) is 17.3 Å². The van der Waals surface area contributed by atoms with Gasteiger partial charge in [-0.1, -0.05) is 0 Å². The third-order valence-electron chi connectivity index (χ3n) is 3.99. The summed E-state index contributed by atoms with van der Waals surface area (Å²) in [4.78, 5) is 2.34. The lowest BCUT2D eigenvalue weighted by Gasteiger charge is -2.40. The van der Waals surface area contributed by atoms with Crippen molar-refractivity contribution < 1.29 is 5.11 Å². The molecule has 2 N–H and O–H groups in total. The summed E-state index contributed by atoms with van der Waals surface area (Å²) in [7, 11) is 2.15. The number of hydrogen-bond donors (Lipinski definition) is 2. The molecule has 0 saturated carbocycles. The first-order valence-electron chi connectivity index (χ1n) is 5.80. The number of rotatable bonds is 0. The Kier molecular flexibility index (Phi) is 3.10. The average molecular weight is 198 g/mol. The Balaban J connectivity index is 2.06. The van der Waals surface area contributed by atoms with E-state index >= 15 is 0 Å². The lowest BCUT2D eigenvalue weighted by atomic mass is 9.73. The van der Waals surface area contributed by atoms with E-state index in [4.69, 9.17) is 0 Å². The minimum atomic E-state index is -0.0970.